The molecule has 0 saturated carbocycles. The van der Waals surface area contributed by atoms with Crippen LogP contribution in [-0.2, 0) is 20.4 Å². The summed E-state index contributed by atoms with van der Waals surface area (Å²) in [6, 6.07) is 0. The first-order valence-corrected chi connectivity index (χ1v) is 11.0. The Hall–Kier alpha value is 1.42. The van der Waals surface area contributed by atoms with Gasteiger partial charge >= 0.3 is 163 Å². The van der Waals surface area contributed by atoms with Crippen molar-refractivity contribution in [2.45, 2.75) is 55.7 Å². The van der Waals surface area contributed by atoms with E-state index >= 15 is 0 Å². The van der Waals surface area contributed by atoms with E-state index in [-0.39, 0.29) is 37.2 Å². The fraction of sp³-hybridized carbons (Fsp3) is 1.00. The maximum Gasteiger partial charge on any atom is -1.00 e. The first-order valence-electron chi connectivity index (χ1n) is 10.1. The number of halogens is 3. The Morgan fingerprint density at radius 3 is 1.56 bits per heavy atom. The van der Waals surface area contributed by atoms with Crippen molar-refractivity contribution < 1.29 is 57.7 Å². The molecule has 4 nitrogen and oxygen atoms in total. The van der Waals surface area contributed by atoms with Gasteiger partial charge in [0.1, 0.15) is 0 Å². The predicted octanol–water partition coefficient (Wildman–Crippen LogP) is -6.61. The summed E-state index contributed by atoms with van der Waals surface area (Å²) < 4.78 is 0.714. The van der Waals surface area contributed by atoms with E-state index in [2.05, 4.69) is 61.6 Å². The van der Waals surface area contributed by atoms with Crippen molar-refractivity contribution in [2.24, 2.45) is 0 Å². The Morgan fingerprint density at radius 2 is 1.04 bits per heavy atom. The van der Waals surface area contributed by atoms with Gasteiger partial charge in [0.05, 0.1) is 0 Å². The molecule has 162 valence electrons. The minimum absolute atomic E-state index is 0. The Bertz CT molecular complexity index is 304. The third kappa shape index (κ3) is 19.2. The van der Waals surface area contributed by atoms with E-state index < -0.39 is 0 Å². The maximum absolute atomic E-state index is 3.61. The van der Waals surface area contributed by atoms with Crippen molar-refractivity contribution in [1.82, 2.24) is 20.0 Å². The number of hydrogen-bond donors (Lipinski definition) is 1. The van der Waals surface area contributed by atoms with E-state index in [9.17, 15) is 0 Å². The summed E-state index contributed by atoms with van der Waals surface area (Å²) in [4.78, 5) is 7.59. The van der Waals surface area contributed by atoms with Crippen LogP contribution in [0.1, 0.15) is 51.4 Å². The molecule has 1 heterocycles. The molecule has 1 atom stereocenters. The van der Waals surface area contributed by atoms with Crippen molar-refractivity contribution in [3.8, 4) is 0 Å². The van der Waals surface area contributed by atoms with Crippen LogP contribution in [0, 0.1) is 0 Å². The summed E-state index contributed by atoms with van der Waals surface area (Å²) in [6.45, 7) is 8.61. The van der Waals surface area contributed by atoms with Gasteiger partial charge in [-0.1, -0.05) is 0 Å². The molecule has 1 unspecified atom stereocenters. The second-order valence-corrected chi connectivity index (χ2v) is 8.66. The Labute approximate surface area is 199 Å². The Morgan fingerprint density at radius 1 is 0.630 bits per heavy atom. The molecule has 0 amide bonds. The summed E-state index contributed by atoms with van der Waals surface area (Å²) in [5.41, 5.74) is 0. The first kappa shape index (κ1) is 33.1. The second-order valence-electron chi connectivity index (χ2n) is 7.62. The van der Waals surface area contributed by atoms with Crippen LogP contribution in [0.4, 0.5) is 0 Å². The van der Waals surface area contributed by atoms with Gasteiger partial charge in [-0.15, -0.1) is 0 Å². The van der Waals surface area contributed by atoms with Crippen molar-refractivity contribution in [3.63, 3.8) is 0 Å². The average molecular weight is 480 g/mol. The fourth-order valence-corrected chi connectivity index (χ4v) is 3.81. The van der Waals surface area contributed by atoms with Crippen molar-refractivity contribution in [2.75, 3.05) is 67.0 Å². The van der Waals surface area contributed by atoms with Crippen LogP contribution in [0.3, 0.4) is 0 Å². The molecular formula is C19H41Cl3N4Ti. The molecule has 0 aromatic rings. The van der Waals surface area contributed by atoms with Crippen LogP contribution >= 0.6 is 0 Å². The molecular weight excluding hydrogens is 438 g/mol. The summed E-state index contributed by atoms with van der Waals surface area (Å²) in [6.07, 6.45) is 10.6. The van der Waals surface area contributed by atoms with Gasteiger partial charge in [0, 0.05) is 0 Å². The first-order chi connectivity index (χ1) is 11.6. The zero-order chi connectivity index (χ0) is 17.6. The molecule has 0 aromatic heterocycles. The monoisotopic (exact) mass is 478 g/mol. The third-order valence-electron chi connectivity index (χ3n) is 5.14. The molecule has 1 N–H and O–H groups in total. The van der Waals surface area contributed by atoms with Gasteiger partial charge in [0.2, 0.25) is 0 Å². The molecule has 0 aromatic carbocycles. The Kier molecular flexibility index (Phi) is 27.1. The zero-order valence-electron chi connectivity index (χ0n) is 17.7. The molecule has 0 radical (unpaired) electrons. The van der Waals surface area contributed by atoms with Crippen molar-refractivity contribution in [3.05, 3.63) is 0 Å². The second kappa shape index (κ2) is 22.1. The van der Waals surface area contributed by atoms with Gasteiger partial charge < -0.3 is 37.2 Å². The zero-order valence-corrected chi connectivity index (χ0v) is 21.5. The number of nitrogens with one attached hydrogen (secondary N) is 1. The maximum atomic E-state index is 3.61. The van der Waals surface area contributed by atoms with Gasteiger partial charge in [-0.25, -0.2) is 0 Å². The predicted molar refractivity (Wildman–Crippen MR) is 101 cm³/mol. The third-order valence-corrected chi connectivity index (χ3v) is 6.28. The van der Waals surface area contributed by atoms with Crippen LogP contribution in [0.5, 0.6) is 0 Å². The van der Waals surface area contributed by atoms with Crippen LogP contribution in [-0.4, -0.2) is 86.0 Å². The largest absolute Gasteiger partial charge is 1.00 e. The molecule has 1 saturated heterocycles. The summed E-state index contributed by atoms with van der Waals surface area (Å²) in [5, 5.41) is 3.61. The molecule has 0 aliphatic carbocycles. The van der Waals surface area contributed by atoms with E-state index in [0.29, 0.717) is 4.35 Å². The minimum atomic E-state index is 0. The topological polar surface area (TPSA) is 21.8 Å². The SMILES string of the molecule is CN1CCCCNCCCCN(C)CCC[CH]([Ti+3])N(C)CCCC1.[Cl-].[Cl-].[Cl-]. The van der Waals surface area contributed by atoms with Gasteiger partial charge in [-0.2, -0.15) is 0 Å². The van der Waals surface area contributed by atoms with E-state index in [1.54, 1.807) is 0 Å². The van der Waals surface area contributed by atoms with Crippen molar-refractivity contribution >= 4 is 0 Å². The number of hydrogen-bond acceptors (Lipinski definition) is 4. The number of rotatable bonds is 0. The van der Waals surface area contributed by atoms with Crippen molar-refractivity contribution in [1.29, 1.82) is 0 Å². The molecule has 0 bridgehead atoms. The molecule has 27 heavy (non-hydrogen) atoms. The summed E-state index contributed by atoms with van der Waals surface area (Å²) >= 11 is 2.39. The minimum Gasteiger partial charge on any atom is -1.00 e. The summed E-state index contributed by atoms with van der Waals surface area (Å²) in [5.74, 6) is 0. The molecule has 8 heteroatoms. The van der Waals surface area contributed by atoms with E-state index in [4.69, 9.17) is 0 Å². The number of nitrogens with zero attached hydrogens (tertiary/aromatic N) is 3. The fourth-order valence-electron chi connectivity index (χ4n) is 3.29. The molecule has 1 fully saturated rings. The van der Waals surface area contributed by atoms with E-state index in [0.717, 1.165) is 0 Å². The van der Waals surface area contributed by atoms with Crippen LogP contribution in [0.2, 0.25) is 0 Å². The van der Waals surface area contributed by atoms with Gasteiger partial charge in [0.15, 0.2) is 0 Å². The van der Waals surface area contributed by atoms with Crippen LogP contribution in [0.15, 0.2) is 0 Å². The molecule has 1 aliphatic rings. The average Bonchev–Trinajstić information content (AvgIpc) is 2.56. The van der Waals surface area contributed by atoms with E-state index in [1.807, 2.05) is 0 Å². The molecule has 1 rings (SSSR count). The van der Waals surface area contributed by atoms with Crippen LogP contribution in [0.25, 0.3) is 0 Å². The molecule has 0 spiro atoms. The standard InChI is InChI=1S/C19H41N4.3ClH.Ti/c1-21-14-6-4-12-20-13-5-7-15-22(2)17-9-11-19-23(3)18-10-8-16-21;;;;/h18,20H,4-17,19H2,1-3H3;3*1H;/q;;;;+3/p-3. The normalized spacial score (nSPS) is 24.7. The molecule has 1 aliphatic heterocycles. The Balaban J connectivity index is -0.00000192. The smallest absolute Gasteiger partial charge is 1.00 e. The van der Waals surface area contributed by atoms with Gasteiger partial charge in [-0.05, 0) is 0 Å². The summed E-state index contributed by atoms with van der Waals surface area (Å²) in [7, 11) is 6.86. The van der Waals surface area contributed by atoms with Gasteiger partial charge in [-0.3, -0.25) is 0 Å². The van der Waals surface area contributed by atoms with Crippen LogP contribution < -0.4 is 42.5 Å². The quantitative estimate of drug-likeness (QED) is 0.349. The van der Waals surface area contributed by atoms with E-state index in [1.165, 1.54) is 97.2 Å². The van der Waals surface area contributed by atoms with Gasteiger partial charge in [0.25, 0.3) is 0 Å².